The zero-order chi connectivity index (χ0) is 13.1. The first-order valence-corrected chi connectivity index (χ1v) is 6.19. The van der Waals surface area contributed by atoms with E-state index < -0.39 is 6.09 Å². The molecule has 1 N–H and O–H groups in total. The van der Waals surface area contributed by atoms with Crippen molar-refractivity contribution >= 4 is 33.6 Å². The summed E-state index contributed by atoms with van der Waals surface area (Å²) in [5, 5.41) is 2.62. The number of aromatic nitrogens is 1. The zero-order valence-electron chi connectivity index (χ0n) is 9.72. The average Bonchev–Trinajstić information content (AvgIpc) is 2.69. The van der Waals surface area contributed by atoms with Gasteiger partial charge in [0.25, 0.3) is 0 Å². The molecule has 0 radical (unpaired) electrons. The van der Waals surface area contributed by atoms with Crippen molar-refractivity contribution in [1.29, 1.82) is 0 Å². The first-order valence-electron chi connectivity index (χ1n) is 5.40. The van der Waals surface area contributed by atoms with Crippen LogP contribution < -0.4 is 10.2 Å². The fourth-order valence-electron chi connectivity index (χ4n) is 1.62. The zero-order valence-corrected chi connectivity index (χ0v) is 11.3. The van der Waals surface area contributed by atoms with Crippen LogP contribution >= 0.6 is 15.9 Å². The maximum Gasteiger partial charge on any atom is 0.414 e. The van der Waals surface area contributed by atoms with E-state index in [4.69, 9.17) is 4.74 Å². The highest BCUT2D eigenvalue weighted by molar-refractivity contribution is 9.10. The molecule has 0 aliphatic carbocycles. The fourth-order valence-corrected chi connectivity index (χ4v) is 1.86. The molecular weight excluding hydrogens is 302 g/mol. The molecule has 18 heavy (non-hydrogen) atoms. The molecule has 2 heterocycles. The number of nitrogens with one attached hydrogen (secondary N) is 1. The molecule has 0 aromatic carbocycles. The van der Waals surface area contributed by atoms with Crippen molar-refractivity contribution < 1.29 is 14.3 Å². The fraction of sp³-hybridized carbons (Fsp3) is 0.364. The van der Waals surface area contributed by atoms with Crippen LogP contribution in [0.3, 0.4) is 0 Å². The molecule has 1 fully saturated rings. The predicted octanol–water partition coefficient (Wildman–Crippen LogP) is 1.31. The van der Waals surface area contributed by atoms with E-state index in [1.807, 2.05) is 0 Å². The molecule has 7 heteroatoms. The number of ether oxygens (including phenoxy) is 1. The Morgan fingerprint density at radius 3 is 3.06 bits per heavy atom. The number of nitrogens with zero attached hydrogens (tertiary/aromatic N) is 2. The van der Waals surface area contributed by atoms with Crippen LogP contribution in [0.25, 0.3) is 0 Å². The molecule has 2 rings (SSSR count). The SMILES string of the molecule is CC(=O)NCC1CN(c2ccc(Br)nc2)C(=O)O1. The van der Waals surface area contributed by atoms with Crippen molar-refractivity contribution in [3.05, 3.63) is 22.9 Å². The lowest BCUT2D eigenvalue weighted by Gasteiger charge is -2.12. The summed E-state index contributed by atoms with van der Waals surface area (Å²) in [5.74, 6) is -0.144. The van der Waals surface area contributed by atoms with Gasteiger partial charge in [-0.05, 0) is 28.1 Å². The maximum atomic E-state index is 11.7. The number of hydrogen-bond donors (Lipinski definition) is 1. The van der Waals surface area contributed by atoms with Gasteiger partial charge in [-0.25, -0.2) is 9.78 Å². The Kier molecular flexibility index (Phi) is 3.81. The molecular formula is C11H12BrN3O3. The van der Waals surface area contributed by atoms with Gasteiger partial charge >= 0.3 is 6.09 Å². The summed E-state index contributed by atoms with van der Waals surface area (Å²) >= 11 is 3.23. The van der Waals surface area contributed by atoms with E-state index >= 15 is 0 Å². The van der Waals surface area contributed by atoms with Crippen LogP contribution in [0, 0.1) is 0 Å². The van der Waals surface area contributed by atoms with Crippen LogP contribution in [0.4, 0.5) is 10.5 Å². The molecule has 96 valence electrons. The second-order valence-electron chi connectivity index (χ2n) is 3.89. The summed E-state index contributed by atoms with van der Waals surface area (Å²) in [6.07, 6.45) is 0.839. The number of halogens is 1. The minimum absolute atomic E-state index is 0.144. The van der Waals surface area contributed by atoms with Crippen molar-refractivity contribution in [2.75, 3.05) is 18.0 Å². The van der Waals surface area contributed by atoms with Gasteiger partial charge in [0.05, 0.1) is 25.0 Å². The molecule has 1 aromatic heterocycles. The second kappa shape index (κ2) is 5.34. The molecule has 2 amide bonds. The third-order valence-corrected chi connectivity index (χ3v) is 2.95. The number of rotatable bonds is 3. The molecule has 0 saturated carbocycles. The Balaban J connectivity index is 2.00. The first-order chi connectivity index (χ1) is 8.56. The van der Waals surface area contributed by atoms with Crippen molar-refractivity contribution in [1.82, 2.24) is 10.3 Å². The van der Waals surface area contributed by atoms with Crippen LogP contribution in [0.15, 0.2) is 22.9 Å². The van der Waals surface area contributed by atoms with Gasteiger partial charge in [-0.15, -0.1) is 0 Å². The number of cyclic esters (lactones) is 1. The topological polar surface area (TPSA) is 71.5 Å². The summed E-state index contributed by atoms with van der Waals surface area (Å²) in [5.41, 5.74) is 0.675. The summed E-state index contributed by atoms with van der Waals surface area (Å²) < 4.78 is 5.84. The predicted molar refractivity (Wildman–Crippen MR) is 68.2 cm³/mol. The van der Waals surface area contributed by atoms with Crippen molar-refractivity contribution in [3.8, 4) is 0 Å². The van der Waals surface area contributed by atoms with Crippen molar-refractivity contribution in [2.45, 2.75) is 13.0 Å². The third-order valence-electron chi connectivity index (χ3n) is 2.48. The summed E-state index contributed by atoms with van der Waals surface area (Å²) in [6.45, 7) is 2.15. The Morgan fingerprint density at radius 1 is 1.67 bits per heavy atom. The van der Waals surface area contributed by atoms with E-state index in [2.05, 4.69) is 26.2 Å². The number of hydrogen-bond acceptors (Lipinski definition) is 4. The highest BCUT2D eigenvalue weighted by Crippen LogP contribution is 2.21. The summed E-state index contributed by atoms with van der Waals surface area (Å²) in [6, 6.07) is 3.53. The van der Waals surface area contributed by atoms with Crippen molar-refractivity contribution in [2.24, 2.45) is 0 Å². The average molecular weight is 314 g/mol. The molecule has 1 aromatic rings. The normalized spacial score (nSPS) is 18.7. The Labute approximate surface area is 112 Å². The molecule has 6 nitrogen and oxygen atoms in total. The molecule has 0 spiro atoms. The van der Waals surface area contributed by atoms with Gasteiger partial charge < -0.3 is 10.1 Å². The van der Waals surface area contributed by atoms with Gasteiger partial charge in [0.15, 0.2) is 0 Å². The van der Waals surface area contributed by atoms with Crippen LogP contribution in [0.2, 0.25) is 0 Å². The monoisotopic (exact) mass is 313 g/mol. The molecule has 1 saturated heterocycles. The van der Waals surface area contributed by atoms with Gasteiger partial charge in [0, 0.05) is 6.92 Å². The summed E-state index contributed by atoms with van der Waals surface area (Å²) in [7, 11) is 0. The minimum atomic E-state index is -0.422. The molecule has 0 bridgehead atoms. The van der Waals surface area contributed by atoms with E-state index in [1.54, 1.807) is 18.3 Å². The van der Waals surface area contributed by atoms with E-state index in [0.717, 1.165) is 0 Å². The van der Waals surface area contributed by atoms with E-state index in [1.165, 1.54) is 11.8 Å². The highest BCUT2D eigenvalue weighted by atomic mass is 79.9. The van der Waals surface area contributed by atoms with Gasteiger partial charge in [-0.1, -0.05) is 0 Å². The lowest BCUT2D eigenvalue weighted by molar-refractivity contribution is -0.119. The largest absolute Gasteiger partial charge is 0.442 e. The van der Waals surface area contributed by atoms with E-state index in [0.29, 0.717) is 23.4 Å². The van der Waals surface area contributed by atoms with Crippen LogP contribution in [0.5, 0.6) is 0 Å². The second-order valence-corrected chi connectivity index (χ2v) is 4.71. The molecule has 1 atom stereocenters. The van der Waals surface area contributed by atoms with Gasteiger partial charge in [-0.3, -0.25) is 9.69 Å². The standard InChI is InChI=1S/C11H12BrN3O3/c1-7(16)13-5-9-6-15(11(17)18-9)8-2-3-10(12)14-4-8/h2-4,9H,5-6H2,1H3,(H,13,16). The van der Waals surface area contributed by atoms with Gasteiger partial charge in [0.2, 0.25) is 5.91 Å². The number of anilines is 1. The third kappa shape index (κ3) is 2.98. The Hall–Kier alpha value is -1.63. The highest BCUT2D eigenvalue weighted by Gasteiger charge is 2.32. The van der Waals surface area contributed by atoms with E-state index in [-0.39, 0.29) is 12.0 Å². The lowest BCUT2D eigenvalue weighted by Crippen LogP contribution is -2.33. The summed E-state index contributed by atoms with van der Waals surface area (Å²) in [4.78, 5) is 28.0. The molecule has 1 aliphatic rings. The van der Waals surface area contributed by atoms with Gasteiger partial charge in [-0.2, -0.15) is 0 Å². The van der Waals surface area contributed by atoms with Crippen molar-refractivity contribution in [3.63, 3.8) is 0 Å². The number of carbonyl (C=O) groups is 2. The van der Waals surface area contributed by atoms with Gasteiger partial charge in [0.1, 0.15) is 10.7 Å². The molecule has 1 aliphatic heterocycles. The number of pyridine rings is 1. The van der Waals surface area contributed by atoms with Crippen LogP contribution in [0.1, 0.15) is 6.92 Å². The maximum absolute atomic E-state index is 11.7. The van der Waals surface area contributed by atoms with Crippen LogP contribution in [-0.2, 0) is 9.53 Å². The molecule has 1 unspecified atom stereocenters. The number of amides is 2. The number of carbonyl (C=O) groups excluding carboxylic acids is 2. The Bertz CT molecular complexity index is 463. The van der Waals surface area contributed by atoms with Crippen LogP contribution in [-0.4, -0.2) is 36.2 Å². The minimum Gasteiger partial charge on any atom is -0.442 e. The first kappa shape index (κ1) is 12.8. The van der Waals surface area contributed by atoms with E-state index in [9.17, 15) is 9.59 Å². The lowest BCUT2D eigenvalue weighted by atomic mass is 10.3. The quantitative estimate of drug-likeness (QED) is 0.854. The Morgan fingerprint density at radius 2 is 2.44 bits per heavy atom. The smallest absolute Gasteiger partial charge is 0.414 e.